The number of aliphatic carboxylic acids is 1. The molecule has 6 nitrogen and oxygen atoms in total. The minimum Gasteiger partial charge on any atom is -0.481 e. The quantitative estimate of drug-likeness (QED) is 0.795. The largest absolute Gasteiger partial charge is 0.481 e. The van der Waals surface area contributed by atoms with E-state index in [4.69, 9.17) is 5.11 Å². The van der Waals surface area contributed by atoms with Gasteiger partial charge in [0.15, 0.2) is 0 Å². The standard InChI is InChI=1S/C15H21N3O3/c1-10-5-6-12(11(2)16-10)17-14(21)18-15(9-13(19)20)7-3-4-8-15/h5-6H,3-4,7-9H2,1-2H3,(H,19,20)(H2,17,18,21). The van der Waals surface area contributed by atoms with Crippen molar-refractivity contribution >= 4 is 17.7 Å². The SMILES string of the molecule is Cc1ccc(NC(=O)NC2(CC(=O)O)CCCC2)c(C)n1. The van der Waals surface area contributed by atoms with Crippen LogP contribution in [0.3, 0.4) is 0 Å². The molecule has 1 fully saturated rings. The molecule has 0 atom stereocenters. The number of rotatable bonds is 4. The Morgan fingerprint density at radius 2 is 1.95 bits per heavy atom. The summed E-state index contributed by atoms with van der Waals surface area (Å²) in [5.41, 5.74) is 1.64. The van der Waals surface area contributed by atoms with Crippen molar-refractivity contribution in [2.75, 3.05) is 5.32 Å². The Hall–Kier alpha value is -2.11. The van der Waals surface area contributed by atoms with E-state index < -0.39 is 11.5 Å². The highest BCUT2D eigenvalue weighted by Gasteiger charge is 2.37. The fraction of sp³-hybridized carbons (Fsp3) is 0.533. The van der Waals surface area contributed by atoms with E-state index in [0.29, 0.717) is 18.5 Å². The second kappa shape index (κ2) is 6.11. The Bertz CT molecular complexity index is 551. The average Bonchev–Trinajstić information content (AvgIpc) is 2.80. The Morgan fingerprint density at radius 1 is 1.29 bits per heavy atom. The van der Waals surface area contributed by atoms with E-state index in [-0.39, 0.29) is 12.5 Å². The summed E-state index contributed by atoms with van der Waals surface area (Å²) < 4.78 is 0. The first-order chi connectivity index (χ1) is 9.90. The summed E-state index contributed by atoms with van der Waals surface area (Å²) in [5.74, 6) is -0.884. The molecule has 1 aliphatic rings. The van der Waals surface area contributed by atoms with Gasteiger partial charge in [-0.15, -0.1) is 0 Å². The van der Waals surface area contributed by atoms with Crippen LogP contribution in [0.15, 0.2) is 12.1 Å². The molecule has 1 aromatic heterocycles. The molecular formula is C15H21N3O3. The van der Waals surface area contributed by atoms with Gasteiger partial charge in [-0.1, -0.05) is 12.8 Å². The van der Waals surface area contributed by atoms with Crippen LogP contribution in [0.5, 0.6) is 0 Å². The van der Waals surface area contributed by atoms with E-state index in [2.05, 4.69) is 15.6 Å². The zero-order valence-electron chi connectivity index (χ0n) is 12.4. The van der Waals surface area contributed by atoms with E-state index in [0.717, 1.165) is 24.2 Å². The van der Waals surface area contributed by atoms with Crippen LogP contribution in [0.2, 0.25) is 0 Å². The van der Waals surface area contributed by atoms with Crippen molar-refractivity contribution in [3.8, 4) is 0 Å². The molecule has 3 N–H and O–H groups in total. The van der Waals surface area contributed by atoms with E-state index in [9.17, 15) is 9.59 Å². The van der Waals surface area contributed by atoms with Crippen LogP contribution in [0.4, 0.5) is 10.5 Å². The van der Waals surface area contributed by atoms with Gasteiger partial charge >= 0.3 is 12.0 Å². The van der Waals surface area contributed by atoms with Crippen molar-refractivity contribution in [3.63, 3.8) is 0 Å². The summed E-state index contributed by atoms with van der Waals surface area (Å²) in [5, 5.41) is 14.6. The van der Waals surface area contributed by atoms with Crippen LogP contribution < -0.4 is 10.6 Å². The molecule has 1 aromatic rings. The molecule has 1 aliphatic carbocycles. The maximum Gasteiger partial charge on any atom is 0.319 e. The van der Waals surface area contributed by atoms with Gasteiger partial charge in [0.1, 0.15) is 0 Å². The molecule has 0 saturated heterocycles. The number of hydrogen-bond donors (Lipinski definition) is 3. The van der Waals surface area contributed by atoms with Gasteiger partial charge < -0.3 is 15.7 Å². The van der Waals surface area contributed by atoms with Crippen LogP contribution >= 0.6 is 0 Å². The monoisotopic (exact) mass is 291 g/mol. The second-order valence-corrected chi connectivity index (χ2v) is 5.72. The number of pyridine rings is 1. The van der Waals surface area contributed by atoms with Gasteiger partial charge in [0, 0.05) is 5.69 Å². The van der Waals surface area contributed by atoms with Crippen molar-refractivity contribution in [1.82, 2.24) is 10.3 Å². The van der Waals surface area contributed by atoms with Gasteiger partial charge in [0.05, 0.1) is 23.3 Å². The first-order valence-corrected chi connectivity index (χ1v) is 7.15. The number of carboxylic acid groups (broad SMARTS) is 1. The molecule has 0 aromatic carbocycles. The molecule has 114 valence electrons. The predicted molar refractivity (Wildman–Crippen MR) is 79.3 cm³/mol. The van der Waals surface area contributed by atoms with E-state index in [1.807, 2.05) is 19.9 Å². The molecule has 2 amide bonds. The summed E-state index contributed by atoms with van der Waals surface area (Å²) >= 11 is 0. The maximum atomic E-state index is 12.1. The van der Waals surface area contributed by atoms with Crippen molar-refractivity contribution in [3.05, 3.63) is 23.5 Å². The minimum absolute atomic E-state index is 0.0362. The third-order valence-corrected chi connectivity index (χ3v) is 3.90. The molecule has 1 heterocycles. The summed E-state index contributed by atoms with van der Waals surface area (Å²) in [6.07, 6.45) is 3.26. The first-order valence-electron chi connectivity index (χ1n) is 7.15. The molecular weight excluding hydrogens is 270 g/mol. The lowest BCUT2D eigenvalue weighted by Crippen LogP contribution is -2.49. The summed E-state index contributed by atoms with van der Waals surface area (Å²) in [7, 11) is 0. The molecule has 0 aliphatic heterocycles. The van der Waals surface area contributed by atoms with Crippen LogP contribution in [0.25, 0.3) is 0 Å². The fourth-order valence-electron chi connectivity index (χ4n) is 2.90. The van der Waals surface area contributed by atoms with E-state index in [1.165, 1.54) is 0 Å². The Morgan fingerprint density at radius 3 is 2.52 bits per heavy atom. The van der Waals surface area contributed by atoms with Crippen molar-refractivity contribution in [2.24, 2.45) is 0 Å². The zero-order chi connectivity index (χ0) is 15.5. The Labute approximate surface area is 124 Å². The molecule has 0 spiro atoms. The molecule has 21 heavy (non-hydrogen) atoms. The topological polar surface area (TPSA) is 91.3 Å². The third kappa shape index (κ3) is 3.93. The number of urea groups is 1. The highest BCUT2D eigenvalue weighted by molar-refractivity contribution is 5.90. The van der Waals surface area contributed by atoms with Gasteiger partial charge in [0.2, 0.25) is 0 Å². The number of aromatic nitrogens is 1. The van der Waals surface area contributed by atoms with Gasteiger partial charge in [0.25, 0.3) is 0 Å². The first kappa shape index (κ1) is 15.3. The smallest absolute Gasteiger partial charge is 0.319 e. The average molecular weight is 291 g/mol. The number of hydrogen-bond acceptors (Lipinski definition) is 3. The van der Waals surface area contributed by atoms with Crippen LogP contribution in [-0.2, 0) is 4.79 Å². The van der Waals surface area contributed by atoms with E-state index in [1.54, 1.807) is 6.07 Å². The third-order valence-electron chi connectivity index (χ3n) is 3.90. The molecule has 0 radical (unpaired) electrons. The molecule has 1 saturated carbocycles. The molecule has 0 unspecified atom stereocenters. The number of carbonyl (C=O) groups is 2. The molecule has 2 rings (SSSR count). The van der Waals surface area contributed by atoms with Crippen molar-refractivity contribution < 1.29 is 14.7 Å². The lowest BCUT2D eigenvalue weighted by Gasteiger charge is -2.28. The summed E-state index contributed by atoms with van der Waals surface area (Å²) in [6.45, 7) is 3.71. The molecule has 6 heteroatoms. The lowest BCUT2D eigenvalue weighted by molar-refractivity contribution is -0.138. The fourth-order valence-corrected chi connectivity index (χ4v) is 2.90. The maximum absolute atomic E-state index is 12.1. The normalized spacial score (nSPS) is 16.5. The predicted octanol–water partition coefficient (Wildman–Crippen LogP) is 2.61. The Balaban J connectivity index is 2.04. The summed E-state index contributed by atoms with van der Waals surface area (Å²) in [6, 6.07) is 3.26. The highest BCUT2D eigenvalue weighted by atomic mass is 16.4. The number of anilines is 1. The van der Waals surface area contributed by atoms with Crippen LogP contribution in [0, 0.1) is 13.8 Å². The van der Waals surface area contributed by atoms with Crippen LogP contribution in [-0.4, -0.2) is 27.6 Å². The van der Waals surface area contributed by atoms with Crippen molar-refractivity contribution in [2.45, 2.75) is 51.5 Å². The number of aryl methyl sites for hydroxylation is 2. The van der Waals surface area contributed by atoms with Gasteiger partial charge in [-0.25, -0.2) is 4.79 Å². The zero-order valence-corrected chi connectivity index (χ0v) is 12.4. The number of carboxylic acids is 1. The van der Waals surface area contributed by atoms with Crippen LogP contribution in [0.1, 0.15) is 43.5 Å². The Kier molecular flexibility index (Phi) is 4.45. The minimum atomic E-state index is -0.884. The van der Waals surface area contributed by atoms with Crippen molar-refractivity contribution in [1.29, 1.82) is 0 Å². The van der Waals surface area contributed by atoms with Gasteiger partial charge in [-0.2, -0.15) is 0 Å². The number of carbonyl (C=O) groups excluding carboxylic acids is 1. The van der Waals surface area contributed by atoms with Gasteiger partial charge in [-0.05, 0) is 38.8 Å². The van der Waals surface area contributed by atoms with E-state index >= 15 is 0 Å². The molecule has 0 bridgehead atoms. The summed E-state index contributed by atoms with van der Waals surface area (Å²) in [4.78, 5) is 27.4. The number of nitrogens with one attached hydrogen (secondary N) is 2. The number of amides is 2. The lowest BCUT2D eigenvalue weighted by atomic mass is 9.93. The number of nitrogens with zero attached hydrogens (tertiary/aromatic N) is 1. The highest BCUT2D eigenvalue weighted by Crippen LogP contribution is 2.32. The second-order valence-electron chi connectivity index (χ2n) is 5.72. The van der Waals surface area contributed by atoms with Gasteiger partial charge in [-0.3, -0.25) is 9.78 Å².